The molecule has 1 atom stereocenters. The zero-order chi connectivity index (χ0) is 14.6. The molecule has 110 valence electrons. The lowest BCUT2D eigenvalue weighted by molar-refractivity contribution is -0.384. The number of nitro groups is 1. The Morgan fingerprint density at radius 3 is 2.85 bits per heavy atom. The number of nitrogens with one attached hydrogen (secondary N) is 1. The minimum Gasteiger partial charge on any atom is -0.497 e. The summed E-state index contributed by atoms with van der Waals surface area (Å²) in [7, 11) is 3.14. The highest BCUT2D eigenvalue weighted by atomic mass is 16.6. The van der Waals surface area contributed by atoms with E-state index in [9.17, 15) is 10.1 Å². The molecule has 0 amide bonds. The van der Waals surface area contributed by atoms with Crippen molar-refractivity contribution in [3.05, 3.63) is 28.3 Å². The molecule has 1 fully saturated rings. The molecule has 1 aromatic carbocycles. The summed E-state index contributed by atoms with van der Waals surface area (Å²) in [5.74, 6) is 0.562. The number of ether oxygens (including phenoxy) is 3. The first-order chi connectivity index (χ1) is 9.60. The van der Waals surface area contributed by atoms with Crippen LogP contribution in [0.25, 0.3) is 0 Å². The SMILES string of the molecule is COc1ccc([N+](=O)[O-])c(NCC2(OC)CCOC2)c1. The minimum absolute atomic E-state index is 0.0102. The monoisotopic (exact) mass is 282 g/mol. The zero-order valence-corrected chi connectivity index (χ0v) is 11.5. The maximum Gasteiger partial charge on any atom is 0.292 e. The van der Waals surface area contributed by atoms with Gasteiger partial charge in [0.05, 0.1) is 18.6 Å². The third kappa shape index (κ3) is 3.00. The van der Waals surface area contributed by atoms with Crippen LogP contribution in [0.15, 0.2) is 18.2 Å². The van der Waals surface area contributed by atoms with E-state index in [4.69, 9.17) is 14.2 Å². The van der Waals surface area contributed by atoms with Crippen molar-refractivity contribution in [1.82, 2.24) is 0 Å². The molecule has 20 heavy (non-hydrogen) atoms. The van der Waals surface area contributed by atoms with Gasteiger partial charge in [0.25, 0.3) is 5.69 Å². The van der Waals surface area contributed by atoms with Crippen LogP contribution in [0.3, 0.4) is 0 Å². The molecule has 0 saturated carbocycles. The van der Waals surface area contributed by atoms with Gasteiger partial charge in [-0.05, 0) is 6.07 Å². The van der Waals surface area contributed by atoms with Crippen LogP contribution >= 0.6 is 0 Å². The van der Waals surface area contributed by atoms with Gasteiger partial charge in [-0.15, -0.1) is 0 Å². The molecule has 1 aromatic rings. The molecule has 1 saturated heterocycles. The number of nitrogens with zero attached hydrogens (tertiary/aromatic N) is 1. The van der Waals surface area contributed by atoms with E-state index in [0.717, 1.165) is 6.42 Å². The predicted octanol–water partition coefficient (Wildman–Crippen LogP) is 1.82. The summed E-state index contributed by atoms with van der Waals surface area (Å²) in [6.07, 6.45) is 0.758. The van der Waals surface area contributed by atoms with E-state index in [1.165, 1.54) is 13.2 Å². The van der Waals surface area contributed by atoms with Gasteiger partial charge in [-0.2, -0.15) is 0 Å². The van der Waals surface area contributed by atoms with Gasteiger partial charge >= 0.3 is 0 Å². The first-order valence-corrected chi connectivity index (χ1v) is 6.29. The summed E-state index contributed by atoms with van der Waals surface area (Å²) >= 11 is 0. The van der Waals surface area contributed by atoms with Crippen LogP contribution in [0.4, 0.5) is 11.4 Å². The maximum absolute atomic E-state index is 11.0. The Kier molecular flexibility index (Phi) is 4.41. The number of methoxy groups -OCH3 is 2. The highest BCUT2D eigenvalue weighted by Crippen LogP contribution is 2.30. The summed E-state index contributed by atoms with van der Waals surface area (Å²) < 4.78 is 15.9. The van der Waals surface area contributed by atoms with Crippen LogP contribution in [0.2, 0.25) is 0 Å². The lowest BCUT2D eigenvalue weighted by Crippen LogP contribution is -2.39. The molecule has 0 aliphatic carbocycles. The largest absolute Gasteiger partial charge is 0.497 e. The van der Waals surface area contributed by atoms with Crippen LogP contribution in [-0.4, -0.2) is 44.5 Å². The van der Waals surface area contributed by atoms with Crippen molar-refractivity contribution in [3.8, 4) is 5.75 Å². The second-order valence-corrected chi connectivity index (χ2v) is 4.68. The van der Waals surface area contributed by atoms with Crippen molar-refractivity contribution in [2.75, 3.05) is 39.3 Å². The summed E-state index contributed by atoms with van der Waals surface area (Å²) in [5.41, 5.74) is -0.00892. The molecule has 0 radical (unpaired) electrons. The topological polar surface area (TPSA) is 82.9 Å². The molecule has 2 rings (SSSR count). The van der Waals surface area contributed by atoms with E-state index in [1.54, 1.807) is 19.2 Å². The number of benzene rings is 1. The van der Waals surface area contributed by atoms with Crippen molar-refractivity contribution >= 4 is 11.4 Å². The Balaban J connectivity index is 2.16. The van der Waals surface area contributed by atoms with Crippen molar-refractivity contribution in [2.24, 2.45) is 0 Å². The summed E-state index contributed by atoms with van der Waals surface area (Å²) in [6, 6.07) is 4.59. The first kappa shape index (κ1) is 14.5. The van der Waals surface area contributed by atoms with E-state index in [0.29, 0.717) is 31.2 Å². The summed E-state index contributed by atoms with van der Waals surface area (Å²) in [5, 5.41) is 14.1. The molecule has 1 aliphatic rings. The summed E-state index contributed by atoms with van der Waals surface area (Å²) in [6.45, 7) is 1.56. The first-order valence-electron chi connectivity index (χ1n) is 6.29. The Bertz CT molecular complexity index is 486. The number of hydrogen-bond donors (Lipinski definition) is 1. The van der Waals surface area contributed by atoms with Crippen LogP contribution in [0, 0.1) is 10.1 Å². The van der Waals surface area contributed by atoms with Gasteiger partial charge in [-0.3, -0.25) is 10.1 Å². The Morgan fingerprint density at radius 1 is 1.50 bits per heavy atom. The van der Waals surface area contributed by atoms with E-state index in [1.807, 2.05) is 0 Å². The van der Waals surface area contributed by atoms with Gasteiger partial charge in [-0.25, -0.2) is 0 Å². The van der Waals surface area contributed by atoms with Gasteiger partial charge in [0.2, 0.25) is 0 Å². The molecule has 7 nitrogen and oxygen atoms in total. The van der Waals surface area contributed by atoms with E-state index in [-0.39, 0.29) is 5.69 Å². The second-order valence-electron chi connectivity index (χ2n) is 4.68. The maximum atomic E-state index is 11.0. The highest BCUT2D eigenvalue weighted by Gasteiger charge is 2.35. The standard InChI is InChI=1S/C13H18N2O5/c1-18-10-3-4-12(15(16)17)11(7-10)14-8-13(19-2)5-6-20-9-13/h3-4,7,14H,5-6,8-9H2,1-2H3. The molecular weight excluding hydrogens is 264 g/mol. The third-order valence-corrected chi connectivity index (χ3v) is 3.50. The lowest BCUT2D eigenvalue weighted by atomic mass is 10.0. The average Bonchev–Trinajstić information content (AvgIpc) is 2.94. The van der Waals surface area contributed by atoms with Crippen molar-refractivity contribution < 1.29 is 19.1 Å². The molecular formula is C13H18N2O5. The molecule has 0 spiro atoms. The minimum atomic E-state index is -0.434. The fourth-order valence-electron chi connectivity index (χ4n) is 2.16. The van der Waals surface area contributed by atoms with Crippen LogP contribution in [0.5, 0.6) is 5.75 Å². The highest BCUT2D eigenvalue weighted by molar-refractivity contribution is 5.64. The average molecular weight is 282 g/mol. The van der Waals surface area contributed by atoms with E-state index >= 15 is 0 Å². The molecule has 1 N–H and O–H groups in total. The molecule has 1 unspecified atom stereocenters. The molecule has 0 aromatic heterocycles. The Hall–Kier alpha value is -1.86. The summed E-state index contributed by atoms with van der Waals surface area (Å²) in [4.78, 5) is 10.6. The molecule has 7 heteroatoms. The van der Waals surface area contributed by atoms with E-state index < -0.39 is 10.5 Å². The van der Waals surface area contributed by atoms with Crippen molar-refractivity contribution in [1.29, 1.82) is 0 Å². The lowest BCUT2D eigenvalue weighted by Gasteiger charge is -2.26. The fourth-order valence-corrected chi connectivity index (χ4v) is 2.16. The quantitative estimate of drug-likeness (QED) is 0.633. The third-order valence-electron chi connectivity index (χ3n) is 3.50. The molecule has 1 heterocycles. The Labute approximate surface area is 117 Å². The van der Waals surface area contributed by atoms with Crippen molar-refractivity contribution in [3.63, 3.8) is 0 Å². The van der Waals surface area contributed by atoms with E-state index in [2.05, 4.69) is 5.32 Å². The zero-order valence-electron chi connectivity index (χ0n) is 11.5. The number of rotatable bonds is 6. The van der Waals surface area contributed by atoms with Crippen molar-refractivity contribution in [2.45, 2.75) is 12.0 Å². The Morgan fingerprint density at radius 2 is 2.30 bits per heavy atom. The van der Waals surface area contributed by atoms with Gasteiger partial charge in [-0.1, -0.05) is 0 Å². The number of hydrogen-bond acceptors (Lipinski definition) is 6. The molecule has 0 bridgehead atoms. The van der Waals surface area contributed by atoms with Crippen LogP contribution < -0.4 is 10.1 Å². The molecule has 1 aliphatic heterocycles. The second kappa shape index (κ2) is 6.06. The van der Waals surface area contributed by atoms with Gasteiger partial charge in [0, 0.05) is 38.8 Å². The van der Waals surface area contributed by atoms with Gasteiger partial charge in [0.1, 0.15) is 17.0 Å². The number of nitro benzene ring substituents is 1. The number of anilines is 1. The fraction of sp³-hybridized carbons (Fsp3) is 0.538. The predicted molar refractivity (Wildman–Crippen MR) is 73.3 cm³/mol. The smallest absolute Gasteiger partial charge is 0.292 e. The normalized spacial score (nSPS) is 21.7. The van der Waals surface area contributed by atoms with Crippen LogP contribution in [0.1, 0.15) is 6.42 Å². The van der Waals surface area contributed by atoms with Gasteiger partial charge < -0.3 is 19.5 Å². The van der Waals surface area contributed by atoms with Crippen LogP contribution in [-0.2, 0) is 9.47 Å². The van der Waals surface area contributed by atoms with Gasteiger partial charge in [0.15, 0.2) is 0 Å².